The van der Waals surface area contributed by atoms with Gasteiger partial charge in [-0.15, -0.1) is 0 Å². The van der Waals surface area contributed by atoms with Crippen molar-refractivity contribution in [3.63, 3.8) is 0 Å². The third-order valence-electron chi connectivity index (χ3n) is 5.64. The first kappa shape index (κ1) is 19.9. The number of rotatable bonds is 4. The highest BCUT2D eigenvalue weighted by molar-refractivity contribution is 5.88. The van der Waals surface area contributed by atoms with Crippen molar-refractivity contribution in [1.82, 2.24) is 30.2 Å². The summed E-state index contributed by atoms with van der Waals surface area (Å²) < 4.78 is 14.2. The van der Waals surface area contributed by atoms with E-state index in [1.165, 1.54) is 12.4 Å². The normalized spacial score (nSPS) is 15.2. The Bertz CT molecular complexity index is 1350. The van der Waals surface area contributed by atoms with Gasteiger partial charge in [0.2, 0.25) is 11.9 Å². The predicted molar refractivity (Wildman–Crippen MR) is 120 cm³/mol. The van der Waals surface area contributed by atoms with E-state index in [0.29, 0.717) is 47.0 Å². The lowest BCUT2D eigenvalue weighted by atomic mass is 10.0. The van der Waals surface area contributed by atoms with E-state index in [4.69, 9.17) is 10.7 Å². The van der Waals surface area contributed by atoms with Crippen LogP contribution in [0.3, 0.4) is 0 Å². The Morgan fingerprint density at radius 3 is 2.94 bits per heavy atom. The smallest absolute Gasteiger partial charge is 0.239 e. The van der Waals surface area contributed by atoms with Crippen LogP contribution in [0, 0.1) is 12.7 Å². The second-order valence-electron chi connectivity index (χ2n) is 7.81. The molecule has 0 spiro atoms. The first-order valence-electron chi connectivity index (χ1n) is 10.2. The molecule has 1 aliphatic heterocycles. The number of anilines is 3. The largest absolute Gasteiger partial charge is 0.368 e. The van der Waals surface area contributed by atoms with Crippen molar-refractivity contribution < 1.29 is 9.18 Å². The fourth-order valence-corrected chi connectivity index (χ4v) is 3.99. The number of aryl methyl sites for hydroxylation is 1. The fourth-order valence-electron chi connectivity index (χ4n) is 3.99. The fraction of sp³-hybridized carbons (Fsp3) is 0.286. The van der Waals surface area contributed by atoms with Crippen molar-refractivity contribution in [2.24, 2.45) is 0 Å². The van der Waals surface area contributed by atoms with E-state index in [9.17, 15) is 9.18 Å². The molecule has 0 aliphatic carbocycles. The summed E-state index contributed by atoms with van der Waals surface area (Å²) in [5, 5.41) is 7.00. The van der Waals surface area contributed by atoms with Crippen LogP contribution < -0.4 is 21.3 Å². The summed E-state index contributed by atoms with van der Waals surface area (Å²) in [4.78, 5) is 34.4. The van der Waals surface area contributed by atoms with Crippen LogP contribution in [-0.2, 0) is 4.79 Å². The van der Waals surface area contributed by atoms with Gasteiger partial charge in [-0.25, -0.2) is 14.4 Å². The Morgan fingerprint density at radius 1 is 1.28 bits per heavy atom. The van der Waals surface area contributed by atoms with E-state index in [1.807, 2.05) is 17.9 Å². The summed E-state index contributed by atoms with van der Waals surface area (Å²) in [7, 11) is 0. The average Bonchev–Trinajstić information content (AvgIpc) is 3.24. The average molecular weight is 435 g/mol. The molecule has 1 amide bonds. The highest BCUT2D eigenvalue weighted by Gasteiger charge is 2.25. The van der Waals surface area contributed by atoms with Gasteiger partial charge in [0.15, 0.2) is 11.5 Å². The van der Waals surface area contributed by atoms with Gasteiger partial charge in [-0.05, 0) is 32.0 Å². The van der Waals surface area contributed by atoms with E-state index in [2.05, 4.69) is 30.6 Å². The van der Waals surface area contributed by atoms with Crippen molar-refractivity contribution >= 4 is 45.6 Å². The molecule has 5 rings (SSSR count). The third-order valence-corrected chi connectivity index (χ3v) is 5.64. The first-order chi connectivity index (χ1) is 15.4. The van der Waals surface area contributed by atoms with Gasteiger partial charge in [0.1, 0.15) is 17.2 Å². The highest BCUT2D eigenvalue weighted by Crippen LogP contribution is 2.33. The summed E-state index contributed by atoms with van der Waals surface area (Å²) in [5.74, 6) is 0.849. The number of halogens is 1. The zero-order chi connectivity index (χ0) is 22.4. The first-order valence-corrected chi connectivity index (χ1v) is 10.2. The summed E-state index contributed by atoms with van der Waals surface area (Å²) in [6.45, 7) is 4.96. The van der Waals surface area contributed by atoms with Crippen LogP contribution in [0.25, 0.3) is 22.1 Å². The maximum absolute atomic E-state index is 14.2. The molecule has 4 aromatic rings. The van der Waals surface area contributed by atoms with Crippen LogP contribution in [0.15, 0.2) is 24.5 Å². The molecule has 3 aromatic heterocycles. The summed E-state index contributed by atoms with van der Waals surface area (Å²) >= 11 is 0. The number of carbonyl (C=O) groups is 1. The molecule has 10 nitrogen and oxygen atoms in total. The highest BCUT2D eigenvalue weighted by atomic mass is 19.1. The Kier molecular flexibility index (Phi) is 4.72. The molecule has 0 saturated carbocycles. The minimum atomic E-state index is -0.315. The van der Waals surface area contributed by atoms with Gasteiger partial charge in [-0.2, -0.15) is 9.97 Å². The SMILES string of the molecule is Cc1c(F)ccc2cc([C@H](C)Nc3nc(N)nc4nc[nH]c34)c(N3CCNC(=O)C3)nc12. The minimum absolute atomic E-state index is 0.0802. The molecule has 4 heterocycles. The minimum Gasteiger partial charge on any atom is -0.368 e. The number of nitrogens with zero attached hydrogens (tertiary/aromatic N) is 5. The number of nitrogen functional groups attached to an aromatic ring is 1. The van der Waals surface area contributed by atoms with Crippen molar-refractivity contribution in [2.75, 3.05) is 35.6 Å². The number of hydrogen-bond acceptors (Lipinski definition) is 8. The quantitative estimate of drug-likeness (QED) is 0.382. The molecular formula is C21H22FN9O. The number of benzene rings is 1. The Labute approximate surface area is 182 Å². The Hall–Kier alpha value is -4.02. The number of amides is 1. The van der Waals surface area contributed by atoms with E-state index in [0.717, 1.165) is 10.9 Å². The van der Waals surface area contributed by atoms with Crippen LogP contribution in [0.5, 0.6) is 0 Å². The van der Waals surface area contributed by atoms with Crippen LogP contribution in [-0.4, -0.2) is 50.5 Å². The number of aromatic nitrogens is 5. The molecular weight excluding hydrogens is 413 g/mol. The van der Waals surface area contributed by atoms with Gasteiger partial charge in [-0.3, -0.25) is 4.79 Å². The number of fused-ring (bicyclic) bond motifs is 2. The molecule has 0 unspecified atom stereocenters. The van der Waals surface area contributed by atoms with Crippen LogP contribution >= 0.6 is 0 Å². The molecule has 32 heavy (non-hydrogen) atoms. The van der Waals surface area contributed by atoms with Crippen molar-refractivity contribution in [1.29, 1.82) is 0 Å². The van der Waals surface area contributed by atoms with Gasteiger partial charge in [-0.1, -0.05) is 0 Å². The molecule has 5 N–H and O–H groups in total. The van der Waals surface area contributed by atoms with Crippen LogP contribution in [0.4, 0.5) is 22.0 Å². The summed E-state index contributed by atoms with van der Waals surface area (Å²) in [6, 6.07) is 4.86. The van der Waals surface area contributed by atoms with Crippen molar-refractivity contribution in [3.05, 3.63) is 41.5 Å². The number of aromatic amines is 1. The van der Waals surface area contributed by atoms with E-state index < -0.39 is 0 Å². The number of imidazole rings is 1. The number of nitrogens with two attached hydrogens (primary N) is 1. The second-order valence-corrected chi connectivity index (χ2v) is 7.81. The molecule has 1 fully saturated rings. The van der Waals surface area contributed by atoms with Gasteiger partial charge in [0, 0.05) is 29.6 Å². The van der Waals surface area contributed by atoms with Crippen LogP contribution in [0.1, 0.15) is 24.1 Å². The lowest BCUT2D eigenvalue weighted by Gasteiger charge is -2.31. The number of hydrogen-bond donors (Lipinski definition) is 4. The molecule has 164 valence electrons. The van der Waals surface area contributed by atoms with Gasteiger partial charge in [0.05, 0.1) is 24.4 Å². The zero-order valence-electron chi connectivity index (χ0n) is 17.6. The number of H-pyrrole nitrogens is 1. The maximum atomic E-state index is 14.2. The zero-order valence-corrected chi connectivity index (χ0v) is 17.6. The number of pyridine rings is 1. The summed E-state index contributed by atoms with van der Waals surface area (Å²) in [6.07, 6.45) is 1.53. The Balaban J connectivity index is 1.62. The van der Waals surface area contributed by atoms with E-state index in [-0.39, 0.29) is 30.3 Å². The molecule has 1 aromatic carbocycles. The van der Waals surface area contributed by atoms with E-state index >= 15 is 0 Å². The number of carbonyl (C=O) groups excluding carboxylic acids is 1. The van der Waals surface area contributed by atoms with Crippen molar-refractivity contribution in [2.45, 2.75) is 19.9 Å². The molecule has 1 saturated heterocycles. The van der Waals surface area contributed by atoms with Gasteiger partial charge >= 0.3 is 0 Å². The number of nitrogens with one attached hydrogen (secondary N) is 3. The molecule has 1 aliphatic rings. The maximum Gasteiger partial charge on any atom is 0.239 e. The van der Waals surface area contributed by atoms with Crippen molar-refractivity contribution in [3.8, 4) is 0 Å². The molecule has 11 heteroatoms. The molecule has 1 atom stereocenters. The molecule has 0 bridgehead atoms. The van der Waals surface area contributed by atoms with E-state index in [1.54, 1.807) is 13.0 Å². The topological polar surface area (TPSA) is 138 Å². The van der Waals surface area contributed by atoms with Crippen LogP contribution in [0.2, 0.25) is 0 Å². The Morgan fingerprint density at radius 2 is 2.12 bits per heavy atom. The summed E-state index contributed by atoms with van der Waals surface area (Å²) in [5.41, 5.74) is 8.84. The monoisotopic (exact) mass is 435 g/mol. The molecule has 0 radical (unpaired) electrons. The second kappa shape index (κ2) is 7.59. The van der Waals surface area contributed by atoms with Gasteiger partial charge < -0.3 is 26.3 Å². The number of piperazine rings is 1. The van der Waals surface area contributed by atoms with Gasteiger partial charge in [0.25, 0.3) is 0 Å². The standard InChI is InChI=1S/C21H22FN9O/c1-10-14(22)4-3-12-7-13(20(28-16(10)12)31-6-5-24-15(32)8-31)11(2)27-19-17-18(26-9-25-17)29-21(23)30-19/h3-4,7,9,11H,5-6,8H2,1-2H3,(H,24,32)(H4,23,25,26,27,29,30)/t11-/m0/s1. The third kappa shape index (κ3) is 3.41. The predicted octanol–water partition coefficient (Wildman–Crippen LogP) is 2.04. The lowest BCUT2D eigenvalue weighted by molar-refractivity contribution is -0.120. The lowest BCUT2D eigenvalue weighted by Crippen LogP contribution is -2.48.